The van der Waals surface area contributed by atoms with Crippen LogP contribution >= 0.6 is 0 Å². The van der Waals surface area contributed by atoms with Gasteiger partial charge in [-0.15, -0.1) is 0 Å². The van der Waals surface area contributed by atoms with Crippen LogP contribution in [-0.4, -0.2) is 32.7 Å². The number of benzene rings is 2. The van der Waals surface area contributed by atoms with Gasteiger partial charge in [0.25, 0.3) is 5.91 Å². The highest BCUT2D eigenvalue weighted by Gasteiger charge is 2.30. The zero-order chi connectivity index (χ0) is 18.8. The third-order valence-corrected chi connectivity index (χ3v) is 5.04. The molecule has 1 heterocycles. The van der Waals surface area contributed by atoms with Gasteiger partial charge in [-0.2, -0.15) is 0 Å². The summed E-state index contributed by atoms with van der Waals surface area (Å²) in [4.78, 5) is 15.2. The predicted molar refractivity (Wildman–Crippen MR) is 105 cm³/mol. The molecule has 0 saturated carbocycles. The van der Waals surface area contributed by atoms with Gasteiger partial charge in [-0.25, -0.2) is 0 Å². The summed E-state index contributed by atoms with van der Waals surface area (Å²) in [6.45, 7) is 6.91. The van der Waals surface area contributed by atoms with E-state index in [1.807, 2.05) is 4.90 Å². The lowest BCUT2D eigenvalue weighted by atomic mass is 10.0. The van der Waals surface area contributed by atoms with Crippen LogP contribution < -0.4 is 19.7 Å². The lowest BCUT2D eigenvalue weighted by Crippen LogP contribution is -2.44. The number of carbonyl (C=O) groups excluding carboxylic acids is 1. The van der Waals surface area contributed by atoms with Gasteiger partial charge in [0.05, 0.1) is 31.2 Å². The molecular weight excluding hydrogens is 328 g/mol. The van der Waals surface area contributed by atoms with Crippen molar-refractivity contribution in [3.8, 4) is 11.5 Å². The molecule has 2 aromatic carbocycles. The molecule has 138 valence electrons. The van der Waals surface area contributed by atoms with Gasteiger partial charge < -0.3 is 19.7 Å². The van der Waals surface area contributed by atoms with Gasteiger partial charge in [0.1, 0.15) is 11.5 Å². The molecule has 0 radical (unpaired) electrons. The zero-order valence-corrected chi connectivity index (χ0v) is 16.1. The average molecular weight is 354 g/mol. The second kappa shape index (κ2) is 7.28. The summed E-state index contributed by atoms with van der Waals surface area (Å²) < 4.78 is 10.7. The molecule has 1 atom stereocenters. The first-order valence-corrected chi connectivity index (χ1v) is 8.90. The van der Waals surface area contributed by atoms with Gasteiger partial charge in [0, 0.05) is 18.7 Å². The van der Waals surface area contributed by atoms with Crippen LogP contribution in [0.1, 0.15) is 34.8 Å². The number of rotatable bonds is 4. The lowest BCUT2D eigenvalue weighted by molar-refractivity contribution is 0.0982. The topological polar surface area (TPSA) is 50.8 Å². The summed E-state index contributed by atoms with van der Waals surface area (Å²) in [5.74, 6) is 1.12. The number of amides is 1. The molecule has 0 saturated heterocycles. The summed E-state index contributed by atoms with van der Waals surface area (Å²) in [6.07, 6.45) is 0.940. The Balaban J connectivity index is 2.06. The third kappa shape index (κ3) is 3.21. The van der Waals surface area contributed by atoms with Crippen molar-refractivity contribution in [2.75, 3.05) is 31.0 Å². The maximum absolute atomic E-state index is 13.4. The molecule has 26 heavy (non-hydrogen) atoms. The van der Waals surface area contributed by atoms with Gasteiger partial charge in [-0.05, 0) is 55.7 Å². The van der Waals surface area contributed by atoms with E-state index in [1.165, 1.54) is 11.1 Å². The number of hydrogen-bond donors (Lipinski definition) is 1. The molecule has 0 aliphatic carbocycles. The first kappa shape index (κ1) is 18.1. The number of nitrogens with zero attached hydrogens (tertiary/aromatic N) is 1. The van der Waals surface area contributed by atoms with Crippen LogP contribution in [0.5, 0.6) is 11.5 Å². The van der Waals surface area contributed by atoms with E-state index >= 15 is 0 Å². The fraction of sp³-hybridized carbons (Fsp3) is 0.381. The Kier molecular flexibility index (Phi) is 5.07. The molecule has 0 bridgehead atoms. The molecule has 0 aromatic heterocycles. The molecular formula is C21H26N2O3. The minimum Gasteiger partial charge on any atom is -0.497 e. The maximum atomic E-state index is 13.4. The highest BCUT2D eigenvalue weighted by atomic mass is 16.5. The van der Waals surface area contributed by atoms with Crippen molar-refractivity contribution in [1.82, 2.24) is 0 Å². The van der Waals surface area contributed by atoms with Crippen LogP contribution in [0, 0.1) is 13.8 Å². The average Bonchev–Trinajstić information content (AvgIpc) is 2.67. The van der Waals surface area contributed by atoms with Crippen molar-refractivity contribution in [2.24, 2.45) is 0 Å². The van der Waals surface area contributed by atoms with E-state index in [2.05, 4.69) is 38.2 Å². The largest absolute Gasteiger partial charge is 0.497 e. The second-order valence-electron chi connectivity index (χ2n) is 6.69. The Morgan fingerprint density at radius 3 is 2.54 bits per heavy atom. The fourth-order valence-corrected chi connectivity index (χ4v) is 3.27. The number of methoxy groups -OCH3 is 2. The van der Waals surface area contributed by atoms with E-state index in [9.17, 15) is 4.79 Å². The third-order valence-electron chi connectivity index (χ3n) is 5.04. The number of aryl methyl sites for hydroxylation is 2. The summed E-state index contributed by atoms with van der Waals surface area (Å²) >= 11 is 0. The SMILES string of the molecule is CCC1CN(C(=O)c2ccc(OC)cc2OC)c2cc(C)c(C)cc2N1. The quantitative estimate of drug-likeness (QED) is 0.895. The zero-order valence-electron chi connectivity index (χ0n) is 16.1. The number of ether oxygens (including phenoxy) is 2. The second-order valence-corrected chi connectivity index (χ2v) is 6.69. The molecule has 2 aromatic rings. The van der Waals surface area contributed by atoms with E-state index in [0.717, 1.165) is 17.8 Å². The van der Waals surface area contributed by atoms with Crippen LogP contribution in [0.3, 0.4) is 0 Å². The number of carbonyl (C=O) groups is 1. The molecule has 1 unspecified atom stereocenters. The first-order chi connectivity index (χ1) is 12.5. The van der Waals surface area contributed by atoms with E-state index in [0.29, 0.717) is 23.6 Å². The van der Waals surface area contributed by atoms with Gasteiger partial charge in [-0.1, -0.05) is 6.92 Å². The van der Waals surface area contributed by atoms with Crippen molar-refractivity contribution >= 4 is 17.3 Å². The van der Waals surface area contributed by atoms with E-state index in [4.69, 9.17) is 9.47 Å². The first-order valence-electron chi connectivity index (χ1n) is 8.90. The highest BCUT2D eigenvalue weighted by molar-refractivity contribution is 6.10. The van der Waals surface area contributed by atoms with E-state index in [1.54, 1.807) is 32.4 Å². The Labute approximate surface area is 154 Å². The van der Waals surface area contributed by atoms with Crippen molar-refractivity contribution in [1.29, 1.82) is 0 Å². The standard InChI is InChI=1S/C21H26N2O3/c1-6-15-12-23(19-10-14(3)13(2)9-18(19)22-15)21(24)17-8-7-16(25-4)11-20(17)26-5/h7-11,15,22H,6,12H2,1-5H3. The summed E-state index contributed by atoms with van der Waals surface area (Å²) in [5.41, 5.74) is 4.84. The molecule has 1 amide bonds. The Morgan fingerprint density at radius 1 is 1.15 bits per heavy atom. The van der Waals surface area contributed by atoms with Crippen LogP contribution in [0.15, 0.2) is 30.3 Å². The van der Waals surface area contributed by atoms with Crippen molar-refractivity contribution in [2.45, 2.75) is 33.2 Å². The molecule has 0 spiro atoms. The van der Waals surface area contributed by atoms with Gasteiger partial charge in [0.15, 0.2) is 0 Å². The minimum atomic E-state index is -0.0612. The lowest BCUT2D eigenvalue weighted by Gasteiger charge is -2.36. The van der Waals surface area contributed by atoms with Gasteiger partial charge >= 0.3 is 0 Å². The Bertz CT molecular complexity index is 832. The van der Waals surface area contributed by atoms with Crippen molar-refractivity contribution in [3.63, 3.8) is 0 Å². The molecule has 5 heteroatoms. The van der Waals surface area contributed by atoms with Gasteiger partial charge in [-0.3, -0.25) is 4.79 Å². The predicted octanol–water partition coefficient (Wildman–Crippen LogP) is 4.17. The Morgan fingerprint density at radius 2 is 1.88 bits per heavy atom. The monoisotopic (exact) mass is 354 g/mol. The molecule has 1 N–H and O–H groups in total. The van der Waals surface area contributed by atoms with E-state index < -0.39 is 0 Å². The summed E-state index contributed by atoms with van der Waals surface area (Å²) in [5, 5.41) is 3.55. The normalized spacial score (nSPS) is 15.9. The number of hydrogen-bond acceptors (Lipinski definition) is 4. The van der Waals surface area contributed by atoms with Crippen molar-refractivity contribution in [3.05, 3.63) is 47.0 Å². The highest BCUT2D eigenvalue weighted by Crippen LogP contribution is 2.36. The molecule has 1 aliphatic heterocycles. The molecule has 1 aliphatic rings. The number of anilines is 2. The van der Waals surface area contributed by atoms with Crippen molar-refractivity contribution < 1.29 is 14.3 Å². The van der Waals surface area contributed by atoms with Gasteiger partial charge in [0.2, 0.25) is 0 Å². The smallest absolute Gasteiger partial charge is 0.262 e. The number of fused-ring (bicyclic) bond motifs is 1. The van der Waals surface area contributed by atoms with Crippen LogP contribution in [0.2, 0.25) is 0 Å². The maximum Gasteiger partial charge on any atom is 0.262 e. The molecule has 5 nitrogen and oxygen atoms in total. The fourth-order valence-electron chi connectivity index (χ4n) is 3.27. The molecule has 0 fully saturated rings. The number of nitrogens with one attached hydrogen (secondary N) is 1. The summed E-state index contributed by atoms with van der Waals surface area (Å²) in [6, 6.07) is 9.72. The summed E-state index contributed by atoms with van der Waals surface area (Å²) in [7, 11) is 3.17. The van der Waals surface area contributed by atoms with Crippen LogP contribution in [-0.2, 0) is 0 Å². The van der Waals surface area contributed by atoms with Crippen LogP contribution in [0.25, 0.3) is 0 Å². The van der Waals surface area contributed by atoms with E-state index in [-0.39, 0.29) is 11.9 Å². The Hall–Kier alpha value is -2.69. The minimum absolute atomic E-state index is 0.0612. The molecule has 3 rings (SSSR count). The van der Waals surface area contributed by atoms with Crippen LogP contribution in [0.4, 0.5) is 11.4 Å².